The summed E-state index contributed by atoms with van der Waals surface area (Å²) in [5, 5.41) is 5.36. The van der Waals surface area contributed by atoms with Gasteiger partial charge >= 0.3 is 0 Å². The second kappa shape index (κ2) is 7.60. The number of anilines is 3. The molecule has 34 heavy (non-hydrogen) atoms. The topological polar surface area (TPSA) is 3.24 Å². The highest BCUT2D eigenvalue weighted by atomic mass is 15.1. The summed E-state index contributed by atoms with van der Waals surface area (Å²) in [5.74, 6) is 0. The Kier molecular flexibility index (Phi) is 4.28. The maximum absolute atomic E-state index is 2.33. The molecule has 0 aromatic heterocycles. The third-order valence-electron chi connectivity index (χ3n) is 7.05. The SMILES string of the molecule is c1ccc(N(c2ccccc2)c2ccc3c4c(ccc3c2)-c2cccc3cccc(c23)C4)cc1. The normalized spacial score (nSPS) is 12.0. The molecule has 0 fully saturated rings. The Hall–Kier alpha value is -4.36. The van der Waals surface area contributed by atoms with Crippen molar-refractivity contribution in [3.05, 3.63) is 139 Å². The number of nitrogens with zero attached hydrogens (tertiary/aromatic N) is 1. The number of hydrogen-bond acceptors (Lipinski definition) is 1. The van der Waals surface area contributed by atoms with E-state index >= 15 is 0 Å². The third kappa shape index (κ3) is 2.94. The molecule has 0 saturated heterocycles. The Morgan fingerprint density at radius 2 is 1.18 bits per heavy atom. The zero-order chi connectivity index (χ0) is 22.5. The smallest absolute Gasteiger partial charge is 0.0468 e. The monoisotopic (exact) mass is 433 g/mol. The molecular formula is C33H23N. The van der Waals surface area contributed by atoms with Gasteiger partial charge in [-0.05, 0) is 86.6 Å². The van der Waals surface area contributed by atoms with Gasteiger partial charge in [-0.1, -0.05) is 91.0 Å². The molecule has 0 amide bonds. The van der Waals surface area contributed by atoms with E-state index in [0.717, 1.165) is 17.8 Å². The predicted octanol–water partition coefficient (Wildman–Crippen LogP) is 9.03. The summed E-state index contributed by atoms with van der Waals surface area (Å²) >= 11 is 0. The van der Waals surface area contributed by atoms with Crippen LogP contribution in [0.4, 0.5) is 17.1 Å². The molecule has 1 aliphatic carbocycles. The van der Waals surface area contributed by atoms with Crippen LogP contribution in [0.5, 0.6) is 0 Å². The number of rotatable bonds is 3. The lowest BCUT2D eigenvalue weighted by Gasteiger charge is -2.27. The van der Waals surface area contributed by atoms with E-state index in [2.05, 4.69) is 132 Å². The van der Waals surface area contributed by atoms with Gasteiger partial charge in [-0.25, -0.2) is 0 Å². The van der Waals surface area contributed by atoms with Crippen molar-refractivity contribution in [2.24, 2.45) is 0 Å². The zero-order valence-electron chi connectivity index (χ0n) is 18.8. The van der Waals surface area contributed by atoms with Crippen LogP contribution in [0, 0.1) is 0 Å². The first kappa shape index (κ1) is 19.1. The first-order chi connectivity index (χ1) is 16.9. The van der Waals surface area contributed by atoms with E-state index in [1.165, 1.54) is 49.5 Å². The lowest BCUT2D eigenvalue weighted by Crippen LogP contribution is -2.09. The molecule has 0 radical (unpaired) electrons. The average Bonchev–Trinajstić information content (AvgIpc) is 2.90. The molecule has 6 aromatic carbocycles. The number of fused-ring (bicyclic) bond motifs is 4. The van der Waals surface area contributed by atoms with Crippen molar-refractivity contribution in [3.63, 3.8) is 0 Å². The van der Waals surface area contributed by atoms with Crippen molar-refractivity contribution in [1.29, 1.82) is 0 Å². The van der Waals surface area contributed by atoms with Crippen LogP contribution >= 0.6 is 0 Å². The van der Waals surface area contributed by atoms with Crippen molar-refractivity contribution in [1.82, 2.24) is 0 Å². The van der Waals surface area contributed by atoms with Crippen LogP contribution in [0.25, 0.3) is 32.7 Å². The minimum Gasteiger partial charge on any atom is -0.310 e. The fourth-order valence-corrected chi connectivity index (χ4v) is 5.55. The van der Waals surface area contributed by atoms with E-state index in [0.29, 0.717) is 0 Å². The number of benzene rings is 6. The third-order valence-corrected chi connectivity index (χ3v) is 7.05. The van der Waals surface area contributed by atoms with Crippen LogP contribution in [0.1, 0.15) is 11.1 Å². The first-order valence-corrected chi connectivity index (χ1v) is 11.8. The van der Waals surface area contributed by atoms with Crippen LogP contribution in [0.2, 0.25) is 0 Å². The molecule has 0 spiro atoms. The molecule has 0 heterocycles. The van der Waals surface area contributed by atoms with Gasteiger partial charge in [-0.3, -0.25) is 0 Å². The molecule has 6 aromatic rings. The van der Waals surface area contributed by atoms with E-state index in [4.69, 9.17) is 0 Å². The van der Waals surface area contributed by atoms with Crippen molar-refractivity contribution < 1.29 is 0 Å². The highest BCUT2D eigenvalue weighted by molar-refractivity contribution is 6.06. The highest BCUT2D eigenvalue weighted by Crippen LogP contribution is 2.43. The van der Waals surface area contributed by atoms with Gasteiger partial charge in [0.2, 0.25) is 0 Å². The summed E-state index contributed by atoms with van der Waals surface area (Å²) in [4.78, 5) is 2.33. The first-order valence-electron chi connectivity index (χ1n) is 11.8. The summed E-state index contributed by atoms with van der Waals surface area (Å²) < 4.78 is 0. The fraction of sp³-hybridized carbons (Fsp3) is 0.0303. The van der Waals surface area contributed by atoms with Crippen molar-refractivity contribution in [3.8, 4) is 11.1 Å². The van der Waals surface area contributed by atoms with Gasteiger partial charge in [0.1, 0.15) is 0 Å². The van der Waals surface area contributed by atoms with Gasteiger partial charge in [-0.15, -0.1) is 0 Å². The largest absolute Gasteiger partial charge is 0.310 e. The fourth-order valence-electron chi connectivity index (χ4n) is 5.55. The summed E-state index contributed by atoms with van der Waals surface area (Å²) in [5.41, 5.74) is 9.07. The van der Waals surface area contributed by atoms with E-state index in [1.54, 1.807) is 0 Å². The predicted molar refractivity (Wildman–Crippen MR) is 144 cm³/mol. The van der Waals surface area contributed by atoms with Crippen molar-refractivity contribution >= 4 is 38.6 Å². The van der Waals surface area contributed by atoms with Crippen LogP contribution in [-0.4, -0.2) is 0 Å². The zero-order valence-corrected chi connectivity index (χ0v) is 18.8. The molecule has 0 atom stereocenters. The summed E-state index contributed by atoms with van der Waals surface area (Å²) in [6.07, 6.45) is 0.974. The van der Waals surface area contributed by atoms with Crippen LogP contribution in [0.15, 0.2) is 127 Å². The molecule has 0 unspecified atom stereocenters. The van der Waals surface area contributed by atoms with Gasteiger partial charge in [0, 0.05) is 17.1 Å². The minimum absolute atomic E-state index is 0.974. The second-order valence-electron chi connectivity index (χ2n) is 9.00. The average molecular weight is 434 g/mol. The summed E-state index contributed by atoms with van der Waals surface area (Å²) in [6, 6.07) is 46.1. The molecule has 0 aliphatic heterocycles. The molecule has 0 N–H and O–H groups in total. The van der Waals surface area contributed by atoms with E-state index in [-0.39, 0.29) is 0 Å². The molecule has 7 rings (SSSR count). The quantitative estimate of drug-likeness (QED) is 0.269. The van der Waals surface area contributed by atoms with E-state index < -0.39 is 0 Å². The van der Waals surface area contributed by atoms with Gasteiger partial charge in [0.25, 0.3) is 0 Å². The molecule has 160 valence electrons. The van der Waals surface area contributed by atoms with E-state index in [9.17, 15) is 0 Å². The Bertz CT molecular complexity index is 1620. The maximum Gasteiger partial charge on any atom is 0.0468 e. The lowest BCUT2D eigenvalue weighted by atomic mass is 9.81. The standard InChI is InChI=1S/C33H23N/c1-3-12-26(13-4-1)34(27-14-5-2-6-15-27)28-18-20-29-24(21-28)17-19-30-31-16-8-10-23-9-7-11-25(33(23)31)22-32(29)30/h1-21H,22H2. The van der Waals surface area contributed by atoms with Crippen LogP contribution < -0.4 is 4.90 Å². The Morgan fingerprint density at radius 3 is 1.91 bits per heavy atom. The minimum atomic E-state index is 0.974. The lowest BCUT2D eigenvalue weighted by molar-refractivity contribution is 1.22. The second-order valence-corrected chi connectivity index (χ2v) is 9.00. The summed E-state index contributed by atoms with van der Waals surface area (Å²) in [6.45, 7) is 0. The van der Waals surface area contributed by atoms with E-state index in [1.807, 2.05) is 0 Å². The van der Waals surface area contributed by atoms with Gasteiger partial charge in [0.15, 0.2) is 0 Å². The Labute approximate surface area is 199 Å². The molecule has 1 nitrogen and oxygen atoms in total. The van der Waals surface area contributed by atoms with Gasteiger partial charge in [-0.2, -0.15) is 0 Å². The van der Waals surface area contributed by atoms with Gasteiger partial charge in [0.05, 0.1) is 0 Å². The molecular weight excluding hydrogens is 410 g/mol. The Balaban J connectivity index is 1.42. The number of para-hydroxylation sites is 2. The summed E-state index contributed by atoms with van der Waals surface area (Å²) in [7, 11) is 0. The van der Waals surface area contributed by atoms with Crippen LogP contribution in [0.3, 0.4) is 0 Å². The van der Waals surface area contributed by atoms with Crippen molar-refractivity contribution in [2.75, 3.05) is 4.90 Å². The van der Waals surface area contributed by atoms with Crippen LogP contribution in [-0.2, 0) is 6.42 Å². The maximum atomic E-state index is 2.33. The number of hydrogen-bond donors (Lipinski definition) is 0. The highest BCUT2D eigenvalue weighted by Gasteiger charge is 2.20. The van der Waals surface area contributed by atoms with Crippen molar-refractivity contribution in [2.45, 2.75) is 6.42 Å². The molecule has 1 aliphatic rings. The molecule has 0 bridgehead atoms. The molecule has 1 heteroatoms. The van der Waals surface area contributed by atoms with Gasteiger partial charge < -0.3 is 4.90 Å². The molecule has 0 saturated carbocycles. The Morgan fingerprint density at radius 1 is 0.471 bits per heavy atom.